The van der Waals surface area contributed by atoms with E-state index in [1.165, 1.54) is 0 Å². The largest absolute Gasteiger partial charge is 0.444 e. The molecule has 1 aliphatic rings. The summed E-state index contributed by atoms with van der Waals surface area (Å²) in [5, 5.41) is 9.42. The van der Waals surface area contributed by atoms with E-state index in [2.05, 4.69) is 4.98 Å². The number of carbonyl (C=O) groups is 1. The predicted molar refractivity (Wildman–Crippen MR) is 79.3 cm³/mol. The topological polar surface area (TPSA) is 66.2 Å². The number of rotatable bonds is 0. The van der Waals surface area contributed by atoms with Crippen molar-refractivity contribution in [1.29, 1.82) is 5.26 Å². The van der Waals surface area contributed by atoms with Crippen molar-refractivity contribution in [2.75, 3.05) is 6.54 Å². The summed E-state index contributed by atoms with van der Waals surface area (Å²) in [6.07, 6.45) is 0.123. The first kappa shape index (κ1) is 15.9. The van der Waals surface area contributed by atoms with Gasteiger partial charge in [-0.15, -0.1) is 0 Å². The zero-order chi connectivity index (χ0) is 15.8. The molecule has 0 spiro atoms. The first-order chi connectivity index (χ1) is 9.73. The van der Waals surface area contributed by atoms with E-state index in [0.29, 0.717) is 23.7 Å². The molecule has 21 heavy (non-hydrogen) atoms. The third kappa shape index (κ3) is 3.39. The predicted octanol–water partition coefficient (Wildman–Crippen LogP) is 3.55. The first-order valence-corrected chi connectivity index (χ1v) is 7.23. The Kier molecular flexibility index (Phi) is 4.31. The van der Waals surface area contributed by atoms with E-state index in [1.807, 2.05) is 26.8 Å². The van der Waals surface area contributed by atoms with Gasteiger partial charge in [0.15, 0.2) is 0 Å². The molecule has 0 radical (unpaired) electrons. The van der Waals surface area contributed by atoms with Crippen LogP contribution < -0.4 is 0 Å². The van der Waals surface area contributed by atoms with Crippen LogP contribution in [0.25, 0.3) is 0 Å². The van der Waals surface area contributed by atoms with Crippen LogP contribution in [0, 0.1) is 11.3 Å². The Morgan fingerprint density at radius 3 is 2.67 bits per heavy atom. The second kappa shape index (κ2) is 5.70. The van der Waals surface area contributed by atoms with E-state index in [0.717, 1.165) is 5.56 Å². The van der Waals surface area contributed by atoms with Crippen LogP contribution in [-0.4, -0.2) is 28.1 Å². The van der Waals surface area contributed by atoms with Gasteiger partial charge in [0.2, 0.25) is 0 Å². The second-order valence-corrected chi connectivity index (χ2v) is 6.52. The first-order valence-electron chi connectivity index (χ1n) is 6.47. The number of hydrogen-bond donors (Lipinski definition) is 0. The van der Waals surface area contributed by atoms with E-state index < -0.39 is 11.7 Å². The number of aromatic nitrogens is 1. The number of hydrogen-bond acceptors (Lipinski definition) is 4. The summed E-state index contributed by atoms with van der Waals surface area (Å²) >= 11 is 12.1. The number of nitrogens with zero attached hydrogens (tertiary/aromatic N) is 3. The molecule has 0 saturated heterocycles. The Labute approximate surface area is 133 Å². The van der Waals surface area contributed by atoms with Crippen molar-refractivity contribution in [3.05, 3.63) is 27.0 Å². The highest BCUT2D eigenvalue weighted by molar-refractivity contribution is 6.36. The molecule has 0 unspecified atom stereocenters. The van der Waals surface area contributed by atoms with Crippen LogP contribution in [0.15, 0.2) is 0 Å². The molecule has 1 aromatic heterocycles. The maximum atomic E-state index is 12.1. The van der Waals surface area contributed by atoms with Crippen LogP contribution in [0.3, 0.4) is 0 Å². The van der Waals surface area contributed by atoms with Gasteiger partial charge < -0.3 is 9.64 Å². The summed E-state index contributed by atoms with van der Waals surface area (Å²) in [5.41, 5.74) is 1.02. The van der Waals surface area contributed by atoms with Gasteiger partial charge in [-0.3, -0.25) is 0 Å². The molecule has 7 heteroatoms. The fourth-order valence-electron chi connectivity index (χ4n) is 2.08. The number of amides is 1. The molecule has 0 bridgehead atoms. The Morgan fingerprint density at radius 1 is 1.43 bits per heavy atom. The van der Waals surface area contributed by atoms with Gasteiger partial charge in [0.25, 0.3) is 0 Å². The van der Waals surface area contributed by atoms with Gasteiger partial charge in [-0.05, 0) is 32.8 Å². The number of nitriles is 1. The van der Waals surface area contributed by atoms with Crippen LogP contribution in [0.1, 0.15) is 37.6 Å². The molecule has 0 aromatic carbocycles. The lowest BCUT2D eigenvalue weighted by Crippen LogP contribution is -2.40. The molecule has 2 heterocycles. The van der Waals surface area contributed by atoms with Crippen LogP contribution in [0.2, 0.25) is 10.2 Å². The molecule has 112 valence electrons. The number of ether oxygens (including phenoxy) is 1. The van der Waals surface area contributed by atoms with Crippen molar-refractivity contribution in [2.45, 2.75) is 39.3 Å². The lowest BCUT2D eigenvalue weighted by Gasteiger charge is -2.31. The van der Waals surface area contributed by atoms with Crippen LogP contribution in [0.5, 0.6) is 0 Å². The summed E-state index contributed by atoms with van der Waals surface area (Å²) in [5.74, 6) is 0. The second-order valence-electron chi connectivity index (χ2n) is 5.78. The number of carbonyl (C=O) groups excluding carboxylic acids is 1. The van der Waals surface area contributed by atoms with Gasteiger partial charge in [-0.2, -0.15) is 5.26 Å². The van der Waals surface area contributed by atoms with Crippen molar-refractivity contribution < 1.29 is 9.53 Å². The van der Waals surface area contributed by atoms with Gasteiger partial charge in [-0.25, -0.2) is 9.78 Å². The standard InChI is InChI=1S/C14H15Cl2N3O2/c1-14(2,3)21-13(20)19-5-4-8-10(7-19)18-12(16)9(6-17)11(8)15/h4-5,7H2,1-3H3. The van der Waals surface area contributed by atoms with E-state index in [9.17, 15) is 4.79 Å². The summed E-state index contributed by atoms with van der Waals surface area (Å²) in [7, 11) is 0. The minimum atomic E-state index is -0.551. The molecule has 5 nitrogen and oxygen atoms in total. The molecule has 0 fully saturated rings. The molecule has 0 atom stereocenters. The van der Waals surface area contributed by atoms with Gasteiger partial charge >= 0.3 is 6.09 Å². The fraction of sp³-hybridized carbons (Fsp3) is 0.500. The van der Waals surface area contributed by atoms with E-state index in [4.69, 9.17) is 33.2 Å². The zero-order valence-corrected chi connectivity index (χ0v) is 13.5. The highest BCUT2D eigenvalue weighted by atomic mass is 35.5. The van der Waals surface area contributed by atoms with Crippen molar-refractivity contribution in [3.8, 4) is 6.07 Å². The SMILES string of the molecule is CC(C)(C)OC(=O)N1CCc2c(nc(Cl)c(C#N)c2Cl)C1. The smallest absolute Gasteiger partial charge is 0.410 e. The van der Waals surface area contributed by atoms with Crippen LogP contribution in [-0.2, 0) is 17.7 Å². The quantitative estimate of drug-likeness (QED) is 0.683. The maximum Gasteiger partial charge on any atom is 0.410 e. The summed E-state index contributed by atoms with van der Waals surface area (Å²) in [6, 6.07) is 1.95. The molecule has 0 saturated carbocycles. The molecule has 1 amide bonds. The highest BCUT2D eigenvalue weighted by Gasteiger charge is 2.29. The molecule has 1 aliphatic heterocycles. The third-order valence-corrected chi connectivity index (χ3v) is 3.70. The maximum absolute atomic E-state index is 12.1. The average molecular weight is 328 g/mol. The number of pyridine rings is 1. The van der Waals surface area contributed by atoms with Gasteiger partial charge in [0.1, 0.15) is 22.4 Å². The Morgan fingerprint density at radius 2 is 2.10 bits per heavy atom. The molecular formula is C14H15Cl2N3O2. The zero-order valence-electron chi connectivity index (χ0n) is 12.0. The monoisotopic (exact) mass is 327 g/mol. The fourth-order valence-corrected chi connectivity index (χ4v) is 2.70. The average Bonchev–Trinajstić information content (AvgIpc) is 2.36. The van der Waals surface area contributed by atoms with Crippen molar-refractivity contribution in [2.24, 2.45) is 0 Å². The Balaban J connectivity index is 2.26. The van der Waals surface area contributed by atoms with E-state index in [-0.39, 0.29) is 17.3 Å². The summed E-state index contributed by atoms with van der Waals surface area (Å²) < 4.78 is 5.34. The minimum Gasteiger partial charge on any atom is -0.444 e. The van der Waals surface area contributed by atoms with Crippen molar-refractivity contribution in [1.82, 2.24) is 9.88 Å². The molecular weight excluding hydrogens is 313 g/mol. The van der Waals surface area contributed by atoms with Crippen molar-refractivity contribution in [3.63, 3.8) is 0 Å². The van der Waals surface area contributed by atoms with Gasteiger partial charge in [0.05, 0.1) is 17.3 Å². The number of fused-ring (bicyclic) bond motifs is 1. The lowest BCUT2D eigenvalue weighted by atomic mass is 10.0. The van der Waals surface area contributed by atoms with Gasteiger partial charge in [0, 0.05) is 6.54 Å². The number of halogens is 2. The van der Waals surface area contributed by atoms with Crippen molar-refractivity contribution >= 4 is 29.3 Å². The highest BCUT2D eigenvalue weighted by Crippen LogP contribution is 2.32. The minimum absolute atomic E-state index is 0.0623. The normalized spacial score (nSPS) is 14.4. The van der Waals surface area contributed by atoms with E-state index in [1.54, 1.807) is 4.90 Å². The third-order valence-electron chi connectivity index (χ3n) is 3.01. The van der Waals surface area contributed by atoms with E-state index >= 15 is 0 Å². The molecule has 2 rings (SSSR count). The molecule has 0 N–H and O–H groups in total. The van der Waals surface area contributed by atoms with Crippen LogP contribution >= 0.6 is 23.2 Å². The molecule has 0 aliphatic carbocycles. The van der Waals surface area contributed by atoms with Crippen LogP contribution in [0.4, 0.5) is 4.79 Å². The van der Waals surface area contributed by atoms with Gasteiger partial charge in [-0.1, -0.05) is 23.2 Å². The Hall–Kier alpha value is -1.51. The summed E-state index contributed by atoms with van der Waals surface area (Å²) in [6.45, 7) is 6.18. The lowest BCUT2D eigenvalue weighted by molar-refractivity contribution is 0.0221. The molecule has 1 aromatic rings. The Bertz CT molecular complexity index is 633. The summed E-state index contributed by atoms with van der Waals surface area (Å²) in [4.78, 5) is 17.8.